The summed E-state index contributed by atoms with van der Waals surface area (Å²) in [5.74, 6) is 0.622. The molecule has 0 aromatic rings. The van der Waals surface area contributed by atoms with Crippen molar-refractivity contribution in [1.29, 1.82) is 0 Å². The summed E-state index contributed by atoms with van der Waals surface area (Å²) in [5.41, 5.74) is 0. The van der Waals surface area contributed by atoms with Crippen molar-refractivity contribution in [1.82, 2.24) is 0 Å². The summed E-state index contributed by atoms with van der Waals surface area (Å²) in [6.45, 7) is 6.92. The minimum atomic E-state index is -0.0333. The molecule has 0 heterocycles. The van der Waals surface area contributed by atoms with Crippen LogP contribution in [0.2, 0.25) is 0 Å². The van der Waals surface area contributed by atoms with Gasteiger partial charge in [0.25, 0.3) is 0 Å². The van der Waals surface area contributed by atoms with E-state index in [9.17, 15) is 4.79 Å². The third kappa shape index (κ3) is 17.7. The molecule has 0 aliphatic heterocycles. The SMILES string of the molecule is CCCCCCCCCCCCCCC(C)CCC(=O)OCC. The van der Waals surface area contributed by atoms with Crippen molar-refractivity contribution in [2.75, 3.05) is 6.61 Å². The highest BCUT2D eigenvalue weighted by molar-refractivity contribution is 5.69. The summed E-state index contributed by atoms with van der Waals surface area (Å²) in [6, 6.07) is 0. The molecule has 1 unspecified atom stereocenters. The van der Waals surface area contributed by atoms with E-state index in [1.54, 1.807) is 0 Å². The lowest BCUT2D eigenvalue weighted by Crippen LogP contribution is -2.06. The number of hydrogen-bond acceptors (Lipinski definition) is 2. The Morgan fingerprint density at radius 2 is 1.22 bits per heavy atom. The van der Waals surface area contributed by atoms with Gasteiger partial charge in [0.15, 0.2) is 0 Å². The summed E-state index contributed by atoms with van der Waals surface area (Å²) in [5, 5.41) is 0. The Hall–Kier alpha value is -0.530. The number of carbonyl (C=O) groups excluding carboxylic acids is 1. The van der Waals surface area contributed by atoms with Crippen molar-refractivity contribution < 1.29 is 9.53 Å². The van der Waals surface area contributed by atoms with Crippen molar-refractivity contribution in [2.45, 2.75) is 117 Å². The van der Waals surface area contributed by atoms with Crippen LogP contribution in [0.1, 0.15) is 117 Å². The first-order chi connectivity index (χ1) is 11.2. The van der Waals surface area contributed by atoms with Gasteiger partial charge in [-0.15, -0.1) is 0 Å². The van der Waals surface area contributed by atoms with Gasteiger partial charge in [0, 0.05) is 6.42 Å². The highest BCUT2D eigenvalue weighted by Gasteiger charge is 2.07. The van der Waals surface area contributed by atoms with Crippen molar-refractivity contribution in [2.24, 2.45) is 5.92 Å². The monoisotopic (exact) mass is 326 g/mol. The topological polar surface area (TPSA) is 26.3 Å². The second kappa shape index (κ2) is 17.8. The van der Waals surface area contributed by atoms with Gasteiger partial charge in [0.05, 0.1) is 6.61 Å². The molecular weight excluding hydrogens is 284 g/mol. The van der Waals surface area contributed by atoms with Crippen LogP contribution in [0.25, 0.3) is 0 Å². The molecule has 1 atom stereocenters. The first-order valence-corrected chi connectivity index (χ1v) is 10.4. The Bertz CT molecular complexity index is 250. The van der Waals surface area contributed by atoms with E-state index in [1.807, 2.05) is 6.92 Å². The molecule has 0 rings (SSSR count). The molecule has 2 heteroatoms. The standard InChI is InChI=1S/C21H42O2/c1-4-6-7-8-9-10-11-12-13-14-15-16-17-20(3)18-19-21(22)23-5-2/h20H,4-19H2,1-3H3. The zero-order valence-corrected chi connectivity index (χ0v) is 16.2. The average molecular weight is 327 g/mol. The predicted molar refractivity (Wildman–Crippen MR) is 101 cm³/mol. The lowest BCUT2D eigenvalue weighted by Gasteiger charge is -2.10. The molecule has 0 aliphatic carbocycles. The molecule has 0 aromatic carbocycles. The second-order valence-electron chi connectivity index (χ2n) is 7.13. The maximum atomic E-state index is 11.3. The van der Waals surface area contributed by atoms with E-state index in [2.05, 4.69) is 13.8 Å². The Morgan fingerprint density at radius 1 is 0.739 bits per heavy atom. The molecule has 23 heavy (non-hydrogen) atoms. The van der Waals surface area contributed by atoms with E-state index in [-0.39, 0.29) is 5.97 Å². The molecular formula is C21H42O2. The van der Waals surface area contributed by atoms with Crippen LogP contribution in [-0.2, 0) is 9.53 Å². The van der Waals surface area contributed by atoms with Gasteiger partial charge >= 0.3 is 5.97 Å². The normalized spacial score (nSPS) is 12.3. The van der Waals surface area contributed by atoms with Gasteiger partial charge < -0.3 is 4.74 Å². The molecule has 0 radical (unpaired) electrons. The molecule has 0 saturated carbocycles. The molecule has 0 fully saturated rings. The molecule has 0 N–H and O–H groups in total. The fourth-order valence-corrected chi connectivity index (χ4v) is 3.08. The smallest absolute Gasteiger partial charge is 0.305 e. The van der Waals surface area contributed by atoms with Gasteiger partial charge in [-0.3, -0.25) is 4.79 Å². The molecule has 0 bridgehead atoms. The van der Waals surface area contributed by atoms with Crippen LogP contribution in [0, 0.1) is 5.92 Å². The number of esters is 1. The third-order valence-electron chi connectivity index (χ3n) is 4.70. The van der Waals surface area contributed by atoms with E-state index < -0.39 is 0 Å². The number of unbranched alkanes of at least 4 members (excludes halogenated alkanes) is 11. The van der Waals surface area contributed by atoms with E-state index in [0.717, 1.165) is 6.42 Å². The first kappa shape index (κ1) is 22.5. The largest absolute Gasteiger partial charge is 0.466 e. The first-order valence-electron chi connectivity index (χ1n) is 10.4. The fraction of sp³-hybridized carbons (Fsp3) is 0.952. The van der Waals surface area contributed by atoms with Crippen LogP contribution in [0.3, 0.4) is 0 Å². The zero-order chi connectivity index (χ0) is 17.2. The summed E-state index contributed by atoms with van der Waals surface area (Å²) in [4.78, 5) is 11.3. The quantitative estimate of drug-likeness (QED) is 0.211. The molecule has 138 valence electrons. The molecule has 0 saturated heterocycles. The maximum Gasteiger partial charge on any atom is 0.305 e. The van der Waals surface area contributed by atoms with Crippen molar-refractivity contribution in [3.63, 3.8) is 0 Å². The highest BCUT2D eigenvalue weighted by Crippen LogP contribution is 2.17. The lowest BCUT2D eigenvalue weighted by atomic mass is 9.97. The van der Waals surface area contributed by atoms with Gasteiger partial charge in [-0.05, 0) is 19.3 Å². The van der Waals surface area contributed by atoms with Crippen LogP contribution in [0.5, 0.6) is 0 Å². The van der Waals surface area contributed by atoms with Gasteiger partial charge in [0.1, 0.15) is 0 Å². The molecule has 0 aromatic heterocycles. The Balaban J connectivity index is 3.18. The number of ether oxygens (including phenoxy) is 1. The third-order valence-corrected chi connectivity index (χ3v) is 4.70. The van der Waals surface area contributed by atoms with Crippen LogP contribution < -0.4 is 0 Å². The van der Waals surface area contributed by atoms with Crippen molar-refractivity contribution in [3.8, 4) is 0 Å². The number of rotatable bonds is 17. The van der Waals surface area contributed by atoms with Crippen LogP contribution in [0.15, 0.2) is 0 Å². The minimum absolute atomic E-state index is 0.0333. The van der Waals surface area contributed by atoms with Crippen molar-refractivity contribution >= 4 is 5.97 Å². The summed E-state index contributed by atoms with van der Waals surface area (Å²) < 4.78 is 4.97. The Kier molecular flexibility index (Phi) is 17.4. The Labute approximate surface area is 145 Å². The lowest BCUT2D eigenvalue weighted by molar-refractivity contribution is -0.143. The Morgan fingerprint density at radius 3 is 1.70 bits per heavy atom. The second-order valence-corrected chi connectivity index (χ2v) is 7.13. The molecule has 0 amide bonds. The van der Waals surface area contributed by atoms with E-state index in [4.69, 9.17) is 4.74 Å². The van der Waals surface area contributed by atoms with Crippen molar-refractivity contribution in [3.05, 3.63) is 0 Å². The number of carbonyl (C=O) groups is 1. The molecule has 0 spiro atoms. The van der Waals surface area contributed by atoms with Crippen LogP contribution in [0.4, 0.5) is 0 Å². The minimum Gasteiger partial charge on any atom is -0.466 e. The van der Waals surface area contributed by atoms with E-state index >= 15 is 0 Å². The number of hydrogen-bond donors (Lipinski definition) is 0. The van der Waals surface area contributed by atoms with Crippen LogP contribution in [-0.4, -0.2) is 12.6 Å². The summed E-state index contributed by atoms with van der Waals surface area (Å²) in [6.07, 6.45) is 19.7. The van der Waals surface area contributed by atoms with Gasteiger partial charge in [-0.25, -0.2) is 0 Å². The average Bonchev–Trinajstić information content (AvgIpc) is 2.54. The maximum absolute atomic E-state index is 11.3. The zero-order valence-electron chi connectivity index (χ0n) is 16.2. The van der Waals surface area contributed by atoms with Gasteiger partial charge in [-0.1, -0.05) is 97.3 Å². The van der Waals surface area contributed by atoms with Crippen LogP contribution >= 0.6 is 0 Å². The highest BCUT2D eigenvalue weighted by atomic mass is 16.5. The molecule has 2 nitrogen and oxygen atoms in total. The van der Waals surface area contributed by atoms with Gasteiger partial charge in [-0.2, -0.15) is 0 Å². The summed E-state index contributed by atoms with van der Waals surface area (Å²) in [7, 11) is 0. The molecule has 0 aliphatic rings. The predicted octanol–water partition coefficient (Wildman–Crippen LogP) is 7.06. The van der Waals surface area contributed by atoms with Gasteiger partial charge in [0.2, 0.25) is 0 Å². The van der Waals surface area contributed by atoms with E-state index in [1.165, 1.54) is 83.5 Å². The fourth-order valence-electron chi connectivity index (χ4n) is 3.08. The van der Waals surface area contributed by atoms with E-state index in [0.29, 0.717) is 18.9 Å². The summed E-state index contributed by atoms with van der Waals surface area (Å²) >= 11 is 0.